The molecule has 0 radical (unpaired) electrons. The summed E-state index contributed by atoms with van der Waals surface area (Å²) in [6.07, 6.45) is 1.99. The van der Waals surface area contributed by atoms with Crippen LogP contribution in [0.3, 0.4) is 0 Å². The normalized spacial score (nSPS) is 11.4. The molecule has 0 saturated carbocycles. The minimum absolute atomic E-state index is 0.0606. The van der Waals surface area contributed by atoms with Crippen molar-refractivity contribution < 1.29 is 14.6 Å². The van der Waals surface area contributed by atoms with Gasteiger partial charge in [0.15, 0.2) is 11.5 Å². The molecule has 0 aliphatic rings. The van der Waals surface area contributed by atoms with Crippen molar-refractivity contribution in [2.75, 3.05) is 27.1 Å². The summed E-state index contributed by atoms with van der Waals surface area (Å²) in [5, 5.41) is 9.46. The summed E-state index contributed by atoms with van der Waals surface area (Å²) in [7, 11) is 3.26. The van der Waals surface area contributed by atoms with E-state index in [9.17, 15) is 5.11 Å². The van der Waals surface area contributed by atoms with Crippen molar-refractivity contribution in [3.05, 3.63) is 17.7 Å². The minimum Gasteiger partial charge on any atom is -0.493 e. The van der Waals surface area contributed by atoms with Gasteiger partial charge < -0.3 is 14.6 Å². The number of rotatable bonds is 5. The molecule has 17 heavy (non-hydrogen) atoms. The topological polar surface area (TPSA) is 38.7 Å². The van der Waals surface area contributed by atoms with Crippen LogP contribution >= 0.6 is 11.8 Å². The lowest BCUT2D eigenvalue weighted by Gasteiger charge is -2.26. The van der Waals surface area contributed by atoms with Gasteiger partial charge in [-0.05, 0) is 12.3 Å². The van der Waals surface area contributed by atoms with Crippen molar-refractivity contribution in [2.45, 2.75) is 24.2 Å². The number of thioether (sulfide) groups is 1. The average Bonchev–Trinajstić information content (AvgIpc) is 2.36. The van der Waals surface area contributed by atoms with E-state index in [1.165, 1.54) is 0 Å². The van der Waals surface area contributed by atoms with Gasteiger partial charge >= 0.3 is 0 Å². The van der Waals surface area contributed by atoms with Gasteiger partial charge in [0.05, 0.1) is 25.7 Å². The number of hydrogen-bond acceptors (Lipinski definition) is 4. The van der Waals surface area contributed by atoms with Crippen LogP contribution in [-0.4, -0.2) is 32.2 Å². The van der Waals surface area contributed by atoms with Crippen LogP contribution in [0.2, 0.25) is 0 Å². The van der Waals surface area contributed by atoms with E-state index >= 15 is 0 Å². The summed E-state index contributed by atoms with van der Waals surface area (Å²) in [6, 6.07) is 3.99. The van der Waals surface area contributed by atoms with E-state index in [1.54, 1.807) is 26.0 Å². The van der Waals surface area contributed by atoms with E-state index in [0.29, 0.717) is 5.75 Å². The molecule has 0 spiro atoms. The minimum atomic E-state index is -0.352. The van der Waals surface area contributed by atoms with Gasteiger partial charge in [-0.15, -0.1) is 11.8 Å². The molecule has 0 atom stereocenters. The second-order valence-corrected chi connectivity index (χ2v) is 5.27. The molecular weight excluding hydrogens is 236 g/mol. The van der Waals surface area contributed by atoms with E-state index in [4.69, 9.17) is 9.47 Å². The Bertz CT molecular complexity index is 388. The van der Waals surface area contributed by atoms with Gasteiger partial charge in [-0.3, -0.25) is 0 Å². The lowest BCUT2D eigenvalue weighted by Crippen LogP contribution is -2.23. The fourth-order valence-corrected chi connectivity index (χ4v) is 2.28. The highest BCUT2D eigenvalue weighted by atomic mass is 32.2. The number of aliphatic hydroxyl groups is 1. The molecular formula is C13H20O3S. The van der Waals surface area contributed by atoms with E-state index in [0.717, 1.165) is 16.2 Å². The molecule has 0 aliphatic heterocycles. The molecule has 0 aromatic heterocycles. The number of benzene rings is 1. The van der Waals surface area contributed by atoms with Crippen molar-refractivity contribution in [3.8, 4) is 11.5 Å². The first-order valence-electron chi connectivity index (χ1n) is 5.42. The van der Waals surface area contributed by atoms with Gasteiger partial charge in [-0.2, -0.15) is 0 Å². The summed E-state index contributed by atoms with van der Waals surface area (Å²) >= 11 is 1.61. The molecule has 3 nitrogen and oxygen atoms in total. The Morgan fingerprint density at radius 3 is 2.18 bits per heavy atom. The van der Waals surface area contributed by atoms with Gasteiger partial charge in [0.1, 0.15) is 0 Å². The highest BCUT2D eigenvalue weighted by Gasteiger charge is 2.27. The van der Waals surface area contributed by atoms with Crippen molar-refractivity contribution in [1.82, 2.24) is 0 Å². The second kappa shape index (κ2) is 5.65. The van der Waals surface area contributed by atoms with E-state index in [-0.39, 0.29) is 12.0 Å². The van der Waals surface area contributed by atoms with Crippen LogP contribution in [-0.2, 0) is 5.41 Å². The zero-order chi connectivity index (χ0) is 13.1. The number of hydrogen-bond donors (Lipinski definition) is 1. The Balaban J connectivity index is 3.43. The first-order valence-corrected chi connectivity index (χ1v) is 6.64. The zero-order valence-corrected chi connectivity index (χ0v) is 11.9. The van der Waals surface area contributed by atoms with Crippen molar-refractivity contribution in [1.29, 1.82) is 0 Å². The summed E-state index contributed by atoms with van der Waals surface area (Å²) in [6.45, 7) is 4.01. The maximum absolute atomic E-state index is 9.46. The lowest BCUT2D eigenvalue weighted by molar-refractivity contribution is 0.213. The molecule has 0 heterocycles. The van der Waals surface area contributed by atoms with Gasteiger partial charge in [0.25, 0.3) is 0 Å². The average molecular weight is 256 g/mol. The molecule has 0 aliphatic carbocycles. The van der Waals surface area contributed by atoms with Crippen molar-refractivity contribution in [2.24, 2.45) is 0 Å². The Hall–Kier alpha value is -0.870. The predicted molar refractivity (Wildman–Crippen MR) is 71.4 cm³/mol. The van der Waals surface area contributed by atoms with Crippen LogP contribution in [0.25, 0.3) is 0 Å². The van der Waals surface area contributed by atoms with Crippen LogP contribution in [0.1, 0.15) is 19.4 Å². The molecule has 1 N–H and O–H groups in total. The number of aliphatic hydroxyl groups excluding tert-OH is 1. The third-order valence-corrected chi connectivity index (χ3v) is 3.59. The van der Waals surface area contributed by atoms with Gasteiger partial charge in [0.2, 0.25) is 0 Å². The third-order valence-electron chi connectivity index (χ3n) is 2.83. The molecule has 0 unspecified atom stereocenters. The molecule has 1 aromatic carbocycles. The van der Waals surface area contributed by atoms with Gasteiger partial charge in [-0.1, -0.05) is 19.9 Å². The fraction of sp³-hybridized carbons (Fsp3) is 0.538. The molecule has 4 heteroatoms. The molecule has 0 bridgehead atoms. The van der Waals surface area contributed by atoms with Gasteiger partial charge in [-0.25, -0.2) is 0 Å². The summed E-state index contributed by atoms with van der Waals surface area (Å²) in [4.78, 5) is 1.03. The maximum atomic E-state index is 9.46. The second-order valence-electron chi connectivity index (χ2n) is 4.42. The Morgan fingerprint density at radius 1 is 1.18 bits per heavy atom. The third kappa shape index (κ3) is 2.69. The number of methoxy groups -OCH3 is 2. The van der Waals surface area contributed by atoms with Crippen LogP contribution < -0.4 is 9.47 Å². The van der Waals surface area contributed by atoms with Crippen LogP contribution in [0.5, 0.6) is 11.5 Å². The summed E-state index contributed by atoms with van der Waals surface area (Å²) in [5.41, 5.74) is 0.604. The SMILES string of the molecule is COc1c(SC)ccc(C(C)(C)CO)c1OC. The smallest absolute Gasteiger partial charge is 0.174 e. The fourth-order valence-electron chi connectivity index (χ4n) is 1.72. The quantitative estimate of drug-likeness (QED) is 0.822. The molecule has 1 aromatic rings. The Morgan fingerprint density at radius 2 is 1.76 bits per heavy atom. The van der Waals surface area contributed by atoms with E-state index in [1.807, 2.05) is 32.2 Å². The predicted octanol–water partition coefficient (Wildman–Crippen LogP) is 2.70. The van der Waals surface area contributed by atoms with Crippen molar-refractivity contribution in [3.63, 3.8) is 0 Å². The molecule has 1 rings (SSSR count). The molecule has 0 saturated heterocycles. The number of ether oxygens (including phenoxy) is 2. The summed E-state index contributed by atoms with van der Waals surface area (Å²) < 4.78 is 10.9. The maximum Gasteiger partial charge on any atom is 0.174 e. The van der Waals surface area contributed by atoms with Crippen LogP contribution in [0.4, 0.5) is 0 Å². The summed E-state index contributed by atoms with van der Waals surface area (Å²) in [5.74, 6) is 1.44. The molecule has 96 valence electrons. The van der Waals surface area contributed by atoms with E-state index < -0.39 is 0 Å². The molecule has 0 amide bonds. The van der Waals surface area contributed by atoms with Crippen molar-refractivity contribution >= 4 is 11.8 Å². The molecule has 0 fully saturated rings. The highest BCUT2D eigenvalue weighted by Crippen LogP contribution is 2.43. The zero-order valence-electron chi connectivity index (χ0n) is 11.0. The largest absolute Gasteiger partial charge is 0.493 e. The standard InChI is InChI=1S/C13H20O3S/c1-13(2,8-14)9-6-7-10(17-5)12(16-4)11(9)15-3/h6-7,14H,8H2,1-5H3. The Labute approximate surface area is 107 Å². The first-order chi connectivity index (χ1) is 8.01. The van der Waals surface area contributed by atoms with E-state index in [2.05, 4.69) is 0 Å². The first kappa shape index (κ1) is 14.2. The van der Waals surface area contributed by atoms with Gasteiger partial charge in [0, 0.05) is 11.0 Å². The lowest BCUT2D eigenvalue weighted by atomic mass is 9.84. The van der Waals surface area contributed by atoms with Crippen LogP contribution in [0, 0.1) is 0 Å². The Kier molecular flexibility index (Phi) is 4.71. The monoisotopic (exact) mass is 256 g/mol. The highest BCUT2D eigenvalue weighted by molar-refractivity contribution is 7.98. The van der Waals surface area contributed by atoms with Crippen LogP contribution in [0.15, 0.2) is 17.0 Å².